The van der Waals surface area contributed by atoms with E-state index in [4.69, 9.17) is 9.47 Å². The van der Waals surface area contributed by atoms with Crippen molar-refractivity contribution in [2.24, 2.45) is 0 Å². The molecule has 10 heteroatoms. The maximum atomic E-state index is 12.8. The summed E-state index contributed by atoms with van der Waals surface area (Å²) in [6.45, 7) is 5.47. The van der Waals surface area contributed by atoms with Gasteiger partial charge in [0.2, 0.25) is 5.95 Å². The van der Waals surface area contributed by atoms with Crippen molar-refractivity contribution < 1.29 is 17.9 Å². The molecule has 3 heterocycles. The van der Waals surface area contributed by atoms with E-state index in [2.05, 4.69) is 24.9 Å². The van der Waals surface area contributed by atoms with E-state index in [1.54, 1.807) is 42.5 Å². The molecule has 172 valence electrons. The molecule has 0 unspecified atom stereocenters. The number of hydrogen-bond acceptors (Lipinski definition) is 8. The summed E-state index contributed by atoms with van der Waals surface area (Å²) in [5.74, 6) is 2.10. The molecule has 0 aliphatic carbocycles. The third-order valence-corrected chi connectivity index (χ3v) is 6.92. The molecule has 2 aromatic carbocycles. The summed E-state index contributed by atoms with van der Waals surface area (Å²) in [4.78, 5) is 11.5. The minimum Gasteiger partial charge on any atom is -0.493 e. The van der Waals surface area contributed by atoms with Crippen molar-refractivity contribution in [3.05, 3.63) is 59.8 Å². The van der Waals surface area contributed by atoms with Crippen LogP contribution in [0.15, 0.2) is 53.4 Å². The van der Waals surface area contributed by atoms with Crippen molar-refractivity contribution >= 4 is 33.2 Å². The van der Waals surface area contributed by atoms with Crippen LogP contribution >= 0.6 is 0 Å². The number of sulfonamides is 1. The fourth-order valence-electron chi connectivity index (χ4n) is 3.86. The fourth-order valence-corrected chi connectivity index (χ4v) is 4.97. The number of hydrogen-bond donors (Lipinski definition) is 2. The highest BCUT2D eigenvalue weighted by Crippen LogP contribution is 2.29. The minimum absolute atomic E-state index is 0.220. The monoisotopic (exact) mass is 467 g/mol. The van der Waals surface area contributed by atoms with Crippen LogP contribution < -0.4 is 19.7 Å². The topological polar surface area (TPSA) is 106 Å². The number of nitrogens with zero attached hydrogens (tertiary/aromatic N) is 3. The summed E-state index contributed by atoms with van der Waals surface area (Å²) >= 11 is 0. The Morgan fingerprint density at radius 2 is 1.70 bits per heavy atom. The largest absolute Gasteiger partial charge is 0.493 e. The van der Waals surface area contributed by atoms with Gasteiger partial charge in [-0.25, -0.2) is 13.4 Å². The van der Waals surface area contributed by atoms with E-state index in [9.17, 15) is 8.42 Å². The number of aromatic nitrogens is 2. The summed E-state index contributed by atoms with van der Waals surface area (Å²) in [6.07, 6.45) is 0.716. The van der Waals surface area contributed by atoms with E-state index in [0.29, 0.717) is 37.9 Å². The van der Waals surface area contributed by atoms with Crippen LogP contribution in [0.5, 0.6) is 5.75 Å². The van der Waals surface area contributed by atoms with Gasteiger partial charge in [-0.05, 0) is 55.0 Å². The van der Waals surface area contributed by atoms with E-state index in [-0.39, 0.29) is 4.90 Å². The Hall–Kier alpha value is -3.37. The van der Waals surface area contributed by atoms with Crippen molar-refractivity contribution in [2.75, 3.05) is 47.8 Å². The van der Waals surface area contributed by atoms with Crippen LogP contribution in [0.2, 0.25) is 0 Å². The molecule has 5 rings (SSSR count). The van der Waals surface area contributed by atoms with Crippen LogP contribution in [0.3, 0.4) is 0 Å². The lowest BCUT2D eigenvalue weighted by Crippen LogP contribution is -2.36. The van der Waals surface area contributed by atoms with Crippen molar-refractivity contribution in [3.63, 3.8) is 0 Å². The van der Waals surface area contributed by atoms with Crippen LogP contribution in [0.4, 0.5) is 23.1 Å². The summed E-state index contributed by atoms with van der Waals surface area (Å²) < 4.78 is 39.1. The lowest BCUT2D eigenvalue weighted by Gasteiger charge is -2.28. The average Bonchev–Trinajstić information content (AvgIpc) is 3.28. The maximum Gasteiger partial charge on any atom is 0.261 e. The van der Waals surface area contributed by atoms with Gasteiger partial charge in [-0.3, -0.25) is 4.72 Å². The average molecular weight is 468 g/mol. The number of anilines is 4. The second-order valence-electron chi connectivity index (χ2n) is 7.97. The van der Waals surface area contributed by atoms with E-state index < -0.39 is 10.0 Å². The number of morpholine rings is 1. The molecule has 2 aliphatic rings. The van der Waals surface area contributed by atoms with Crippen molar-refractivity contribution in [2.45, 2.75) is 18.2 Å². The molecule has 33 heavy (non-hydrogen) atoms. The molecule has 0 spiro atoms. The van der Waals surface area contributed by atoms with Gasteiger partial charge < -0.3 is 19.7 Å². The molecule has 0 bridgehead atoms. The van der Waals surface area contributed by atoms with Gasteiger partial charge in [0.1, 0.15) is 11.6 Å². The van der Waals surface area contributed by atoms with E-state index in [1.807, 2.05) is 13.0 Å². The smallest absolute Gasteiger partial charge is 0.261 e. The molecule has 1 aromatic heterocycles. The Morgan fingerprint density at radius 3 is 2.48 bits per heavy atom. The molecule has 0 amide bonds. The molecule has 3 aromatic rings. The molecule has 1 saturated heterocycles. The highest BCUT2D eigenvalue weighted by molar-refractivity contribution is 7.92. The van der Waals surface area contributed by atoms with E-state index in [0.717, 1.165) is 41.6 Å². The van der Waals surface area contributed by atoms with Crippen LogP contribution in [0.1, 0.15) is 11.3 Å². The quantitative estimate of drug-likeness (QED) is 0.570. The lowest BCUT2D eigenvalue weighted by molar-refractivity contribution is 0.122. The van der Waals surface area contributed by atoms with Gasteiger partial charge in [0.25, 0.3) is 10.0 Å². The molecule has 2 aliphatic heterocycles. The van der Waals surface area contributed by atoms with Crippen LogP contribution in [-0.4, -0.2) is 51.3 Å². The zero-order valence-electron chi connectivity index (χ0n) is 18.2. The summed E-state index contributed by atoms with van der Waals surface area (Å²) in [5, 5.41) is 3.20. The summed E-state index contributed by atoms with van der Waals surface area (Å²) in [7, 11) is -3.70. The zero-order chi connectivity index (χ0) is 22.8. The maximum absolute atomic E-state index is 12.8. The zero-order valence-corrected chi connectivity index (χ0v) is 19.1. The molecule has 0 saturated carbocycles. The Labute approximate surface area is 192 Å². The van der Waals surface area contributed by atoms with Crippen LogP contribution in [0.25, 0.3) is 0 Å². The molecule has 1 fully saturated rings. The number of benzene rings is 2. The number of nitrogens with one attached hydrogen (secondary N) is 2. The molecular weight excluding hydrogens is 442 g/mol. The fraction of sp³-hybridized carbons (Fsp3) is 0.304. The Kier molecular flexibility index (Phi) is 5.77. The highest BCUT2D eigenvalue weighted by Gasteiger charge is 2.19. The van der Waals surface area contributed by atoms with Gasteiger partial charge in [0, 0.05) is 42.6 Å². The van der Waals surface area contributed by atoms with Crippen LogP contribution in [0, 0.1) is 6.92 Å². The van der Waals surface area contributed by atoms with Gasteiger partial charge in [-0.15, -0.1) is 0 Å². The first-order valence-electron chi connectivity index (χ1n) is 10.8. The third-order valence-electron chi connectivity index (χ3n) is 5.54. The second-order valence-corrected chi connectivity index (χ2v) is 9.65. The summed E-state index contributed by atoms with van der Waals surface area (Å²) in [6, 6.07) is 13.9. The molecule has 2 N–H and O–H groups in total. The van der Waals surface area contributed by atoms with Crippen molar-refractivity contribution in [3.8, 4) is 5.75 Å². The first kappa shape index (κ1) is 21.5. The van der Waals surface area contributed by atoms with E-state index >= 15 is 0 Å². The predicted octanol–water partition coefficient (Wildman–Crippen LogP) is 3.10. The van der Waals surface area contributed by atoms with Gasteiger partial charge in [-0.1, -0.05) is 0 Å². The number of rotatable bonds is 6. The first-order chi connectivity index (χ1) is 16.0. The molecular formula is C23H25N5O4S. The number of aryl methyl sites for hydroxylation is 1. The lowest BCUT2D eigenvalue weighted by atomic mass is 10.2. The molecule has 9 nitrogen and oxygen atoms in total. The Bertz CT molecular complexity index is 1260. The van der Waals surface area contributed by atoms with Crippen LogP contribution in [-0.2, 0) is 21.2 Å². The van der Waals surface area contributed by atoms with Gasteiger partial charge in [0.15, 0.2) is 0 Å². The predicted molar refractivity (Wildman–Crippen MR) is 126 cm³/mol. The minimum atomic E-state index is -3.70. The standard InChI is InChI=1S/C23H25N5O4S/c1-16-14-22(28-9-12-31-13-10-28)26-23(24-16)25-18-2-4-19(5-3-18)27-33(29,30)20-6-7-21-17(15-20)8-11-32-21/h2-7,14-15,27H,8-13H2,1H3,(H,24,25,26). The van der Waals surface area contributed by atoms with Gasteiger partial charge in [-0.2, -0.15) is 4.98 Å². The summed E-state index contributed by atoms with van der Waals surface area (Å²) in [5.41, 5.74) is 2.99. The number of ether oxygens (including phenoxy) is 2. The van der Waals surface area contributed by atoms with Crippen molar-refractivity contribution in [1.82, 2.24) is 9.97 Å². The Morgan fingerprint density at radius 1 is 0.939 bits per heavy atom. The third kappa shape index (κ3) is 4.86. The van der Waals surface area contributed by atoms with Gasteiger partial charge >= 0.3 is 0 Å². The van der Waals surface area contributed by atoms with Gasteiger partial charge in [0.05, 0.1) is 24.7 Å². The number of fused-ring (bicyclic) bond motifs is 1. The normalized spacial score (nSPS) is 15.6. The molecule has 0 atom stereocenters. The van der Waals surface area contributed by atoms with Crippen molar-refractivity contribution in [1.29, 1.82) is 0 Å². The first-order valence-corrected chi connectivity index (χ1v) is 12.3. The highest BCUT2D eigenvalue weighted by atomic mass is 32.2. The molecule has 0 radical (unpaired) electrons. The van der Waals surface area contributed by atoms with E-state index in [1.165, 1.54) is 0 Å². The Balaban J connectivity index is 1.28. The second kappa shape index (κ2) is 8.87. The SMILES string of the molecule is Cc1cc(N2CCOCC2)nc(Nc2ccc(NS(=O)(=O)c3ccc4c(c3)CCO4)cc2)n1.